The van der Waals surface area contributed by atoms with E-state index < -0.39 is 12.0 Å². The lowest BCUT2D eigenvalue weighted by molar-refractivity contribution is -0.133. The number of ether oxygens (including phenoxy) is 1. The molecular weight excluding hydrogens is 304 g/mol. The monoisotopic (exact) mass is 324 g/mol. The molecule has 2 atom stereocenters. The van der Waals surface area contributed by atoms with Crippen molar-refractivity contribution >= 4 is 11.6 Å². The molecular formula is C19H20N2O3. The molecule has 0 spiro atoms. The van der Waals surface area contributed by atoms with Crippen molar-refractivity contribution in [2.24, 2.45) is 11.1 Å². The highest BCUT2D eigenvalue weighted by Crippen LogP contribution is 2.36. The first-order valence-electron chi connectivity index (χ1n) is 7.76. The molecule has 3 rings (SSSR count). The van der Waals surface area contributed by atoms with Crippen molar-refractivity contribution in [3.63, 3.8) is 0 Å². The van der Waals surface area contributed by atoms with Crippen LogP contribution in [0.4, 0.5) is 0 Å². The van der Waals surface area contributed by atoms with Gasteiger partial charge in [0.1, 0.15) is 17.4 Å². The van der Waals surface area contributed by atoms with Crippen molar-refractivity contribution in [3.05, 3.63) is 65.7 Å². The third kappa shape index (κ3) is 2.97. The van der Waals surface area contributed by atoms with Gasteiger partial charge in [0.2, 0.25) is 5.91 Å². The van der Waals surface area contributed by atoms with Crippen LogP contribution >= 0.6 is 0 Å². The number of carbonyl (C=O) groups is 1. The summed E-state index contributed by atoms with van der Waals surface area (Å²) in [6, 6.07) is 17.2. The SMILES string of the molecule is COc1ccc(C2=NOC(c3ccccc3)C2C(=O)N(C)C)cc1. The van der Waals surface area contributed by atoms with E-state index in [1.807, 2.05) is 54.6 Å². The predicted octanol–water partition coefficient (Wildman–Crippen LogP) is 2.88. The maximum atomic E-state index is 12.8. The Balaban J connectivity index is 1.97. The molecule has 2 aromatic rings. The molecule has 0 radical (unpaired) electrons. The molecule has 0 aliphatic carbocycles. The number of nitrogens with zero attached hydrogens (tertiary/aromatic N) is 2. The number of benzene rings is 2. The molecule has 124 valence electrons. The van der Waals surface area contributed by atoms with Crippen LogP contribution in [0.1, 0.15) is 17.2 Å². The van der Waals surface area contributed by atoms with Crippen molar-refractivity contribution in [1.82, 2.24) is 4.90 Å². The third-order valence-corrected chi connectivity index (χ3v) is 4.08. The maximum absolute atomic E-state index is 12.8. The molecule has 1 aliphatic heterocycles. The van der Waals surface area contributed by atoms with Gasteiger partial charge < -0.3 is 14.5 Å². The van der Waals surface area contributed by atoms with Gasteiger partial charge in [0.05, 0.1) is 7.11 Å². The molecule has 0 saturated carbocycles. The molecule has 1 aliphatic rings. The van der Waals surface area contributed by atoms with E-state index in [1.165, 1.54) is 0 Å². The van der Waals surface area contributed by atoms with Crippen LogP contribution in [0.2, 0.25) is 0 Å². The number of oxime groups is 1. The molecule has 5 nitrogen and oxygen atoms in total. The van der Waals surface area contributed by atoms with Gasteiger partial charge in [-0.25, -0.2) is 0 Å². The van der Waals surface area contributed by atoms with E-state index in [4.69, 9.17) is 9.57 Å². The summed E-state index contributed by atoms with van der Waals surface area (Å²) in [4.78, 5) is 20.0. The van der Waals surface area contributed by atoms with E-state index in [0.717, 1.165) is 16.9 Å². The van der Waals surface area contributed by atoms with Crippen LogP contribution in [0, 0.1) is 5.92 Å². The molecule has 2 aromatic carbocycles. The van der Waals surface area contributed by atoms with E-state index in [-0.39, 0.29) is 5.91 Å². The Morgan fingerprint density at radius 1 is 1.08 bits per heavy atom. The topological polar surface area (TPSA) is 51.1 Å². The standard InChI is InChI=1S/C19H20N2O3/c1-21(2)19(22)16-17(13-9-11-15(23-3)12-10-13)20-24-18(16)14-7-5-4-6-8-14/h4-12,16,18H,1-3H3. The Morgan fingerprint density at radius 3 is 2.33 bits per heavy atom. The van der Waals surface area contributed by atoms with Gasteiger partial charge in [-0.2, -0.15) is 0 Å². The number of methoxy groups -OCH3 is 1. The predicted molar refractivity (Wildman–Crippen MR) is 92.0 cm³/mol. The average molecular weight is 324 g/mol. The van der Waals surface area contributed by atoms with Gasteiger partial charge in [-0.15, -0.1) is 0 Å². The largest absolute Gasteiger partial charge is 0.497 e. The van der Waals surface area contributed by atoms with Crippen LogP contribution in [-0.4, -0.2) is 37.7 Å². The summed E-state index contributed by atoms with van der Waals surface area (Å²) < 4.78 is 5.19. The minimum atomic E-state index is -0.476. The van der Waals surface area contributed by atoms with Gasteiger partial charge in [0.15, 0.2) is 6.10 Å². The zero-order chi connectivity index (χ0) is 17.1. The van der Waals surface area contributed by atoms with Crippen LogP contribution < -0.4 is 4.74 Å². The number of hydrogen-bond donors (Lipinski definition) is 0. The zero-order valence-corrected chi connectivity index (χ0v) is 14.0. The number of hydrogen-bond acceptors (Lipinski definition) is 4. The van der Waals surface area contributed by atoms with Crippen molar-refractivity contribution in [2.75, 3.05) is 21.2 Å². The quantitative estimate of drug-likeness (QED) is 0.869. The highest BCUT2D eigenvalue weighted by atomic mass is 16.6. The molecule has 1 heterocycles. The van der Waals surface area contributed by atoms with E-state index in [1.54, 1.807) is 26.1 Å². The Morgan fingerprint density at radius 2 is 1.75 bits per heavy atom. The lowest BCUT2D eigenvalue weighted by atomic mass is 9.87. The summed E-state index contributed by atoms with van der Waals surface area (Å²) in [6.07, 6.45) is -0.418. The van der Waals surface area contributed by atoms with Crippen molar-refractivity contribution < 1.29 is 14.4 Å². The molecule has 0 aromatic heterocycles. The van der Waals surface area contributed by atoms with Crippen molar-refractivity contribution in [1.29, 1.82) is 0 Å². The smallest absolute Gasteiger partial charge is 0.235 e. The summed E-state index contributed by atoms with van der Waals surface area (Å²) in [5, 5.41) is 4.23. The molecule has 1 amide bonds. The van der Waals surface area contributed by atoms with Gasteiger partial charge >= 0.3 is 0 Å². The van der Waals surface area contributed by atoms with E-state index >= 15 is 0 Å². The fraction of sp³-hybridized carbons (Fsp3) is 0.263. The zero-order valence-electron chi connectivity index (χ0n) is 14.0. The summed E-state index contributed by atoms with van der Waals surface area (Å²) >= 11 is 0. The molecule has 24 heavy (non-hydrogen) atoms. The number of carbonyl (C=O) groups excluding carboxylic acids is 1. The van der Waals surface area contributed by atoms with Crippen LogP contribution in [-0.2, 0) is 9.63 Å². The fourth-order valence-corrected chi connectivity index (χ4v) is 2.79. The Kier molecular flexibility index (Phi) is 4.51. The summed E-state index contributed by atoms with van der Waals surface area (Å²) in [7, 11) is 5.11. The second-order valence-electron chi connectivity index (χ2n) is 5.85. The lowest BCUT2D eigenvalue weighted by Gasteiger charge is -2.22. The molecule has 0 fully saturated rings. The second-order valence-corrected chi connectivity index (χ2v) is 5.85. The van der Waals surface area contributed by atoms with E-state index in [0.29, 0.717) is 5.71 Å². The van der Waals surface area contributed by atoms with Gasteiger partial charge in [-0.3, -0.25) is 4.79 Å². The van der Waals surface area contributed by atoms with Crippen molar-refractivity contribution in [3.8, 4) is 5.75 Å². The highest BCUT2D eigenvalue weighted by molar-refractivity contribution is 6.14. The van der Waals surface area contributed by atoms with Crippen LogP contribution in [0.3, 0.4) is 0 Å². The summed E-state index contributed by atoms with van der Waals surface area (Å²) in [6.45, 7) is 0. The first-order valence-corrected chi connectivity index (χ1v) is 7.76. The number of amides is 1. The van der Waals surface area contributed by atoms with Crippen LogP contribution in [0.5, 0.6) is 5.75 Å². The average Bonchev–Trinajstić information content (AvgIpc) is 3.06. The highest BCUT2D eigenvalue weighted by Gasteiger charge is 2.42. The Hall–Kier alpha value is -2.82. The van der Waals surface area contributed by atoms with Crippen molar-refractivity contribution in [2.45, 2.75) is 6.10 Å². The molecule has 5 heteroatoms. The lowest BCUT2D eigenvalue weighted by Crippen LogP contribution is -2.36. The minimum absolute atomic E-state index is 0.0316. The summed E-state index contributed by atoms with van der Waals surface area (Å²) in [5.41, 5.74) is 2.43. The Bertz CT molecular complexity index is 739. The van der Waals surface area contributed by atoms with Crippen LogP contribution in [0.25, 0.3) is 0 Å². The maximum Gasteiger partial charge on any atom is 0.235 e. The normalized spacial score (nSPS) is 19.4. The van der Waals surface area contributed by atoms with Gasteiger partial charge in [-0.1, -0.05) is 35.5 Å². The second kappa shape index (κ2) is 6.74. The number of rotatable bonds is 4. The van der Waals surface area contributed by atoms with Crippen LogP contribution in [0.15, 0.2) is 59.8 Å². The fourth-order valence-electron chi connectivity index (χ4n) is 2.79. The van der Waals surface area contributed by atoms with E-state index in [2.05, 4.69) is 5.16 Å². The minimum Gasteiger partial charge on any atom is -0.497 e. The molecule has 0 N–H and O–H groups in total. The van der Waals surface area contributed by atoms with Gasteiger partial charge in [0.25, 0.3) is 0 Å². The molecule has 0 bridgehead atoms. The summed E-state index contributed by atoms with van der Waals surface area (Å²) in [5.74, 6) is 0.250. The molecule has 2 unspecified atom stereocenters. The van der Waals surface area contributed by atoms with Gasteiger partial charge in [-0.05, 0) is 29.8 Å². The molecule has 0 saturated heterocycles. The first kappa shape index (κ1) is 16.1. The first-order chi connectivity index (χ1) is 11.6. The Labute approximate surface area is 141 Å². The third-order valence-electron chi connectivity index (χ3n) is 4.08. The van der Waals surface area contributed by atoms with Gasteiger partial charge in [0, 0.05) is 19.7 Å². The van der Waals surface area contributed by atoms with E-state index in [9.17, 15) is 4.79 Å².